The molecule has 12 heteroatoms. The van der Waals surface area contributed by atoms with E-state index in [0.717, 1.165) is 18.2 Å². The second-order valence-corrected chi connectivity index (χ2v) is 5.33. The van der Waals surface area contributed by atoms with Crippen molar-refractivity contribution in [2.45, 2.75) is 0 Å². The molecular formula is C13H8ClN5O5S. The number of aromatic nitrogens is 1. The highest BCUT2D eigenvalue weighted by Crippen LogP contribution is 2.22. The first kappa shape index (κ1) is 18.2. The predicted molar refractivity (Wildman–Crippen MR) is 92.7 cm³/mol. The Labute approximate surface area is 150 Å². The van der Waals surface area contributed by atoms with E-state index in [9.17, 15) is 25.0 Å². The summed E-state index contributed by atoms with van der Waals surface area (Å²) < 4.78 is 0. The first-order valence-corrected chi connectivity index (χ1v) is 7.22. The molecule has 128 valence electrons. The molecule has 1 heterocycles. The van der Waals surface area contributed by atoms with Crippen molar-refractivity contribution in [1.29, 1.82) is 0 Å². The minimum Gasteiger partial charge on any atom is -0.331 e. The Morgan fingerprint density at radius 2 is 1.72 bits per heavy atom. The van der Waals surface area contributed by atoms with Gasteiger partial charge >= 0.3 is 0 Å². The number of pyridine rings is 1. The SMILES string of the molecule is O=C(NC(=S)Nc1ccc(Cl)nc1)c1cc([N+](=O)[O-])cc([N+](=O)[O-])c1. The van der Waals surface area contributed by atoms with Crippen molar-refractivity contribution in [3.8, 4) is 0 Å². The Morgan fingerprint density at radius 1 is 1.12 bits per heavy atom. The number of hydrogen-bond acceptors (Lipinski definition) is 7. The molecule has 1 aromatic carbocycles. The summed E-state index contributed by atoms with van der Waals surface area (Å²) in [5.74, 6) is -0.841. The number of carbonyl (C=O) groups is 1. The fourth-order valence-electron chi connectivity index (χ4n) is 1.72. The van der Waals surface area contributed by atoms with Crippen LogP contribution in [0.2, 0.25) is 5.15 Å². The first-order chi connectivity index (χ1) is 11.8. The lowest BCUT2D eigenvalue weighted by Crippen LogP contribution is -2.34. The van der Waals surface area contributed by atoms with E-state index in [1.807, 2.05) is 0 Å². The maximum Gasteiger partial charge on any atom is 0.277 e. The average molecular weight is 382 g/mol. The normalized spacial score (nSPS) is 9.96. The van der Waals surface area contributed by atoms with Crippen LogP contribution in [0.25, 0.3) is 0 Å². The van der Waals surface area contributed by atoms with Crippen LogP contribution in [0.3, 0.4) is 0 Å². The molecule has 0 saturated carbocycles. The third-order valence-electron chi connectivity index (χ3n) is 2.80. The van der Waals surface area contributed by atoms with Gasteiger partial charge in [-0.1, -0.05) is 11.6 Å². The van der Waals surface area contributed by atoms with Crippen LogP contribution in [-0.2, 0) is 0 Å². The molecule has 0 aliphatic rings. The number of nitro benzene ring substituents is 2. The molecule has 2 N–H and O–H groups in total. The van der Waals surface area contributed by atoms with Crippen LogP contribution in [0.4, 0.5) is 17.1 Å². The molecule has 0 fully saturated rings. The number of benzene rings is 1. The van der Waals surface area contributed by atoms with Crippen molar-refractivity contribution in [2.24, 2.45) is 0 Å². The number of hydrogen-bond donors (Lipinski definition) is 2. The predicted octanol–water partition coefficient (Wildman–Crippen LogP) is 2.68. The van der Waals surface area contributed by atoms with Gasteiger partial charge in [0, 0.05) is 12.1 Å². The molecular weight excluding hydrogens is 374 g/mol. The summed E-state index contributed by atoms with van der Waals surface area (Å²) in [6.45, 7) is 0. The van der Waals surface area contributed by atoms with Crippen molar-refractivity contribution in [2.75, 3.05) is 5.32 Å². The number of thiocarbonyl (C=S) groups is 1. The van der Waals surface area contributed by atoms with Crippen LogP contribution in [0.5, 0.6) is 0 Å². The van der Waals surface area contributed by atoms with Crippen LogP contribution < -0.4 is 10.6 Å². The zero-order chi connectivity index (χ0) is 18.6. The van der Waals surface area contributed by atoms with Crippen LogP contribution >= 0.6 is 23.8 Å². The minimum atomic E-state index is -0.841. The van der Waals surface area contributed by atoms with Crippen LogP contribution in [0.1, 0.15) is 10.4 Å². The van der Waals surface area contributed by atoms with Gasteiger partial charge in [0.05, 0.1) is 33.4 Å². The number of amides is 1. The van der Waals surface area contributed by atoms with E-state index in [2.05, 4.69) is 15.6 Å². The van der Waals surface area contributed by atoms with Gasteiger partial charge in [0.25, 0.3) is 17.3 Å². The summed E-state index contributed by atoms with van der Waals surface area (Å²) in [5, 5.41) is 26.7. The van der Waals surface area contributed by atoms with Crippen molar-refractivity contribution in [3.63, 3.8) is 0 Å². The fourth-order valence-corrected chi connectivity index (χ4v) is 2.05. The Bertz CT molecular complexity index is 841. The van der Waals surface area contributed by atoms with Crippen molar-refractivity contribution in [3.05, 3.63) is 67.5 Å². The van der Waals surface area contributed by atoms with E-state index in [-0.39, 0.29) is 15.8 Å². The molecule has 0 aliphatic heterocycles. The summed E-state index contributed by atoms with van der Waals surface area (Å²) in [7, 11) is 0. The second kappa shape index (κ2) is 7.59. The molecule has 1 amide bonds. The quantitative estimate of drug-likeness (QED) is 0.356. The van der Waals surface area contributed by atoms with E-state index >= 15 is 0 Å². The zero-order valence-corrected chi connectivity index (χ0v) is 13.7. The van der Waals surface area contributed by atoms with E-state index in [4.69, 9.17) is 23.8 Å². The lowest BCUT2D eigenvalue weighted by Gasteiger charge is -2.09. The summed E-state index contributed by atoms with van der Waals surface area (Å²) >= 11 is 10.6. The minimum absolute atomic E-state index is 0.122. The molecule has 0 unspecified atom stereocenters. The Balaban J connectivity index is 2.16. The highest BCUT2D eigenvalue weighted by atomic mass is 35.5. The number of nitrogens with zero attached hydrogens (tertiary/aromatic N) is 3. The van der Waals surface area contributed by atoms with Gasteiger partial charge in [-0.2, -0.15) is 0 Å². The van der Waals surface area contributed by atoms with Crippen LogP contribution in [0, 0.1) is 20.2 Å². The lowest BCUT2D eigenvalue weighted by atomic mass is 10.1. The van der Waals surface area contributed by atoms with Gasteiger partial charge in [-0.3, -0.25) is 30.3 Å². The maximum atomic E-state index is 12.1. The molecule has 1 aromatic heterocycles. The number of nitro groups is 2. The van der Waals surface area contributed by atoms with Gasteiger partial charge in [-0.15, -0.1) is 0 Å². The van der Waals surface area contributed by atoms with E-state index in [1.54, 1.807) is 6.07 Å². The van der Waals surface area contributed by atoms with Crippen LogP contribution in [0.15, 0.2) is 36.5 Å². The van der Waals surface area contributed by atoms with Crippen molar-refractivity contribution < 1.29 is 14.6 Å². The zero-order valence-electron chi connectivity index (χ0n) is 12.1. The Kier molecular flexibility index (Phi) is 5.52. The maximum absolute atomic E-state index is 12.1. The fraction of sp³-hybridized carbons (Fsp3) is 0. The molecule has 0 atom stereocenters. The molecule has 0 radical (unpaired) electrons. The third-order valence-corrected chi connectivity index (χ3v) is 3.23. The van der Waals surface area contributed by atoms with E-state index in [0.29, 0.717) is 5.69 Å². The number of nitrogens with one attached hydrogen (secondary N) is 2. The molecule has 10 nitrogen and oxygen atoms in total. The number of carbonyl (C=O) groups excluding carboxylic acids is 1. The smallest absolute Gasteiger partial charge is 0.277 e. The summed E-state index contributed by atoms with van der Waals surface area (Å²) in [6, 6.07) is 5.64. The standard InChI is InChI=1S/C13H8ClN5O5S/c14-11-2-1-8(6-15-11)16-13(25)17-12(20)7-3-9(18(21)22)5-10(4-7)19(23)24/h1-6H,(H2,16,17,20,25). The lowest BCUT2D eigenvalue weighted by molar-refractivity contribution is -0.394. The Hall–Kier alpha value is -3.18. The van der Waals surface area contributed by atoms with Crippen LogP contribution in [-0.4, -0.2) is 25.9 Å². The summed E-state index contributed by atoms with van der Waals surface area (Å²) in [6.07, 6.45) is 1.37. The van der Waals surface area contributed by atoms with Gasteiger partial charge in [0.1, 0.15) is 5.15 Å². The van der Waals surface area contributed by atoms with E-state index in [1.165, 1.54) is 12.3 Å². The largest absolute Gasteiger partial charge is 0.331 e. The molecule has 0 spiro atoms. The highest BCUT2D eigenvalue weighted by molar-refractivity contribution is 7.80. The number of rotatable bonds is 4. The van der Waals surface area contributed by atoms with Crippen molar-refractivity contribution >= 4 is 51.9 Å². The Morgan fingerprint density at radius 3 is 2.20 bits per heavy atom. The van der Waals surface area contributed by atoms with Gasteiger partial charge in [-0.05, 0) is 24.4 Å². The molecule has 25 heavy (non-hydrogen) atoms. The monoisotopic (exact) mass is 381 g/mol. The van der Waals surface area contributed by atoms with Crippen molar-refractivity contribution in [1.82, 2.24) is 10.3 Å². The number of halogens is 1. The first-order valence-electron chi connectivity index (χ1n) is 6.44. The molecule has 0 bridgehead atoms. The number of non-ortho nitro benzene ring substituents is 2. The number of anilines is 1. The highest BCUT2D eigenvalue weighted by Gasteiger charge is 2.20. The van der Waals surface area contributed by atoms with Gasteiger partial charge in [0.15, 0.2) is 5.11 Å². The third kappa shape index (κ3) is 4.89. The summed E-state index contributed by atoms with van der Waals surface area (Å²) in [4.78, 5) is 35.9. The molecule has 2 rings (SSSR count). The average Bonchev–Trinajstić information content (AvgIpc) is 2.56. The van der Waals surface area contributed by atoms with Gasteiger partial charge < -0.3 is 5.32 Å². The topological polar surface area (TPSA) is 140 Å². The molecule has 2 aromatic rings. The molecule has 0 aliphatic carbocycles. The second-order valence-electron chi connectivity index (χ2n) is 4.53. The molecule has 0 saturated heterocycles. The van der Waals surface area contributed by atoms with Gasteiger partial charge in [-0.25, -0.2) is 4.98 Å². The van der Waals surface area contributed by atoms with E-state index < -0.39 is 27.1 Å². The van der Waals surface area contributed by atoms with Gasteiger partial charge in [0.2, 0.25) is 0 Å². The summed E-state index contributed by atoms with van der Waals surface area (Å²) in [5.41, 5.74) is -1.00.